The third kappa shape index (κ3) is 5.26. The number of hydrogen-bond acceptors (Lipinski definition) is 0. The van der Waals surface area contributed by atoms with E-state index in [-0.39, 0.29) is 25.6 Å². The molecule has 0 bridgehead atoms. The molecule has 0 atom stereocenters. The molecule has 17 heavy (non-hydrogen) atoms. The van der Waals surface area contributed by atoms with Crippen LogP contribution in [0.5, 0.6) is 0 Å². The topological polar surface area (TPSA) is 33.5 Å². The van der Waals surface area contributed by atoms with Crippen LogP contribution in [0.4, 0.5) is 0 Å². The van der Waals surface area contributed by atoms with Gasteiger partial charge in [0, 0.05) is 0 Å². The Kier molecular flexibility index (Phi) is 10.5. The van der Waals surface area contributed by atoms with Crippen LogP contribution in [0, 0.1) is 6.92 Å². The molecule has 1 nitrogen and oxygen atoms in total. The summed E-state index contributed by atoms with van der Waals surface area (Å²) in [6.07, 6.45) is 16.5. The molecule has 2 aliphatic carbocycles. The van der Waals surface area contributed by atoms with E-state index in [1.54, 1.807) is 0 Å². The molecule has 0 spiro atoms. The van der Waals surface area contributed by atoms with Gasteiger partial charge in [-0.3, -0.25) is 0 Å². The monoisotopic (exact) mass is 343 g/mol. The minimum absolute atomic E-state index is 0. The first kappa shape index (κ1) is 18.0. The van der Waals surface area contributed by atoms with Crippen LogP contribution in [0.3, 0.4) is 0 Å². The zero-order chi connectivity index (χ0) is 10.5. The molecule has 0 amide bonds. The Morgan fingerprint density at radius 3 is 1.41 bits per heavy atom. The Labute approximate surface area is 122 Å². The van der Waals surface area contributed by atoms with Crippen molar-refractivity contribution in [3.63, 3.8) is 0 Å². The van der Waals surface area contributed by atoms with E-state index in [9.17, 15) is 0 Å². The van der Waals surface area contributed by atoms with Crippen molar-refractivity contribution >= 4 is 7.92 Å². The molecule has 2 N–H and O–H groups in total. The molecule has 0 aromatic heterocycles. The van der Waals surface area contributed by atoms with Crippen molar-refractivity contribution in [2.45, 2.75) is 75.5 Å². The fraction of sp³-hybridized carbons (Fsp3) is 0.929. The van der Waals surface area contributed by atoms with Gasteiger partial charge in [0.25, 0.3) is 0 Å². The molecule has 0 unspecified atom stereocenters. The van der Waals surface area contributed by atoms with Crippen LogP contribution >= 0.6 is 7.92 Å². The zero-order valence-electron chi connectivity index (χ0n) is 11.0. The summed E-state index contributed by atoms with van der Waals surface area (Å²) in [6.45, 7) is 4.27. The van der Waals surface area contributed by atoms with E-state index in [0.29, 0.717) is 7.92 Å². The molecule has 0 radical (unpaired) electrons. The summed E-state index contributed by atoms with van der Waals surface area (Å²) in [5.41, 5.74) is 2.21. The van der Waals surface area contributed by atoms with E-state index < -0.39 is 0 Å². The van der Waals surface area contributed by atoms with E-state index >= 15 is 0 Å². The number of nitrogens with two attached hydrogens (primary N) is 1. The van der Waals surface area contributed by atoms with E-state index in [1.807, 2.05) is 0 Å². The Hall–Kier alpha value is 1.01. The van der Waals surface area contributed by atoms with Crippen LogP contribution in [0.25, 0.3) is 6.15 Å². The average Bonchev–Trinajstić information content (AvgIpc) is 2.33. The van der Waals surface area contributed by atoms with Crippen molar-refractivity contribution in [3.8, 4) is 0 Å². The molecule has 0 aromatic carbocycles. The van der Waals surface area contributed by atoms with Crippen LogP contribution in [-0.4, -0.2) is 17.5 Å². The van der Waals surface area contributed by atoms with Gasteiger partial charge in [-0.2, -0.15) is 6.16 Å². The second kappa shape index (κ2) is 9.88. The molecule has 0 aromatic rings. The van der Waals surface area contributed by atoms with Crippen molar-refractivity contribution in [1.82, 2.24) is 0 Å². The second-order valence-electron chi connectivity index (χ2n) is 5.32. The van der Waals surface area contributed by atoms with Gasteiger partial charge in [0.1, 0.15) is 0 Å². The SMILES string of the molecule is [CH2-]CP(C1CCCCC1)C1CCCCC1.[NH2-].[Ru+2]. The molecule has 2 fully saturated rings. The van der Waals surface area contributed by atoms with Crippen molar-refractivity contribution in [2.75, 3.05) is 6.16 Å². The molecule has 0 heterocycles. The van der Waals surface area contributed by atoms with Gasteiger partial charge < -0.3 is 13.1 Å². The Morgan fingerprint density at radius 2 is 1.12 bits per heavy atom. The molecule has 0 saturated heterocycles. The summed E-state index contributed by atoms with van der Waals surface area (Å²) in [5, 5.41) is 0. The maximum atomic E-state index is 4.27. The van der Waals surface area contributed by atoms with Crippen molar-refractivity contribution in [3.05, 3.63) is 13.1 Å². The third-order valence-corrected chi connectivity index (χ3v) is 7.77. The molecular weight excluding hydrogens is 314 g/mol. The van der Waals surface area contributed by atoms with Gasteiger partial charge in [-0.25, -0.2) is 0 Å². The van der Waals surface area contributed by atoms with Gasteiger partial charge in [-0.05, 0) is 37.0 Å². The molecule has 2 saturated carbocycles. The molecule has 102 valence electrons. The van der Waals surface area contributed by atoms with Gasteiger partial charge in [0.05, 0.1) is 0 Å². The molecule has 2 rings (SSSR count). The zero-order valence-corrected chi connectivity index (χ0v) is 13.7. The first-order chi connectivity index (χ1) is 7.42. The summed E-state index contributed by atoms with van der Waals surface area (Å²) >= 11 is 0. The van der Waals surface area contributed by atoms with Crippen LogP contribution in [0.2, 0.25) is 0 Å². The second-order valence-corrected chi connectivity index (χ2v) is 8.26. The average molecular weight is 342 g/mol. The standard InChI is InChI=1S/C14H26P.H2N.Ru/c1-2-15(13-9-5-3-6-10-13)14-11-7-4-8-12-14;;/h13-14H,1-12H2;1H2;/q2*-1;+2. The van der Waals surface area contributed by atoms with E-state index in [1.165, 1.54) is 70.4 Å². The van der Waals surface area contributed by atoms with E-state index in [0.717, 1.165) is 11.3 Å². The van der Waals surface area contributed by atoms with Gasteiger partial charge in [-0.1, -0.05) is 38.5 Å². The molecule has 2 aliphatic rings. The maximum Gasteiger partial charge on any atom is 2.00 e. The van der Waals surface area contributed by atoms with Gasteiger partial charge in [-0.15, -0.1) is 7.92 Å². The first-order valence-electron chi connectivity index (χ1n) is 6.97. The van der Waals surface area contributed by atoms with Crippen molar-refractivity contribution < 1.29 is 19.5 Å². The number of hydrogen-bond donors (Lipinski definition) is 0. The smallest absolute Gasteiger partial charge is 0.693 e. The number of rotatable bonds is 3. The molecule has 3 heteroatoms. The quantitative estimate of drug-likeness (QED) is 0.359. The minimum Gasteiger partial charge on any atom is -0.693 e. The Bertz CT molecular complexity index is 159. The van der Waals surface area contributed by atoms with Gasteiger partial charge in [0.2, 0.25) is 0 Å². The Morgan fingerprint density at radius 1 is 0.765 bits per heavy atom. The molecular formula is C14H28NPRu. The van der Waals surface area contributed by atoms with Gasteiger partial charge in [0.15, 0.2) is 0 Å². The third-order valence-electron chi connectivity index (χ3n) is 4.35. The summed E-state index contributed by atoms with van der Waals surface area (Å²) in [7, 11) is 0.294. The molecule has 0 aliphatic heterocycles. The van der Waals surface area contributed by atoms with E-state index in [4.69, 9.17) is 0 Å². The van der Waals surface area contributed by atoms with Crippen LogP contribution in [-0.2, 0) is 19.5 Å². The maximum absolute atomic E-state index is 4.27. The summed E-state index contributed by atoms with van der Waals surface area (Å²) < 4.78 is 0. The van der Waals surface area contributed by atoms with Gasteiger partial charge >= 0.3 is 19.5 Å². The van der Waals surface area contributed by atoms with Crippen LogP contribution < -0.4 is 0 Å². The normalized spacial score (nSPS) is 22.9. The fourth-order valence-electron chi connectivity index (χ4n) is 3.49. The van der Waals surface area contributed by atoms with Crippen LogP contribution in [0.1, 0.15) is 64.2 Å². The predicted molar refractivity (Wildman–Crippen MR) is 76.2 cm³/mol. The summed E-state index contributed by atoms with van der Waals surface area (Å²) in [6, 6.07) is 0. The van der Waals surface area contributed by atoms with E-state index in [2.05, 4.69) is 6.92 Å². The Balaban J connectivity index is 0.00000128. The fourth-order valence-corrected chi connectivity index (χ4v) is 6.87. The van der Waals surface area contributed by atoms with Crippen LogP contribution in [0.15, 0.2) is 0 Å². The summed E-state index contributed by atoms with van der Waals surface area (Å²) in [4.78, 5) is 0. The minimum atomic E-state index is 0. The first-order valence-corrected chi connectivity index (χ1v) is 8.63. The van der Waals surface area contributed by atoms with Crippen molar-refractivity contribution in [2.24, 2.45) is 0 Å². The predicted octanol–water partition coefficient (Wildman–Crippen LogP) is 5.68. The summed E-state index contributed by atoms with van der Waals surface area (Å²) in [5.74, 6) is 0. The van der Waals surface area contributed by atoms with Crippen molar-refractivity contribution in [1.29, 1.82) is 0 Å². The largest absolute Gasteiger partial charge is 2.00 e.